The van der Waals surface area contributed by atoms with Crippen LogP contribution in [-0.4, -0.2) is 20.3 Å². The summed E-state index contributed by atoms with van der Waals surface area (Å²) in [6.45, 7) is 5.80. The number of benzene rings is 2. The van der Waals surface area contributed by atoms with E-state index >= 15 is 0 Å². The Kier molecular flexibility index (Phi) is 4.42. The summed E-state index contributed by atoms with van der Waals surface area (Å²) in [6, 6.07) is 15.6. The van der Waals surface area contributed by atoms with E-state index < -0.39 is 0 Å². The first-order valence-corrected chi connectivity index (χ1v) is 7.87. The first kappa shape index (κ1) is 15.9. The van der Waals surface area contributed by atoms with Crippen LogP contribution in [0.15, 0.2) is 48.5 Å². The van der Waals surface area contributed by atoms with E-state index in [0.717, 1.165) is 28.1 Å². The van der Waals surface area contributed by atoms with Gasteiger partial charge in [-0.3, -0.25) is 0 Å². The van der Waals surface area contributed by atoms with Crippen molar-refractivity contribution < 1.29 is 5.11 Å². The SMILES string of the molecule is Cc1cc(-c2nc(N[C@H](C)c3ccccc3)nnc2C)ccc1O. The number of aromatic hydroxyl groups is 1. The predicted octanol–water partition coefficient (Wildman–Crippen LogP) is 4.03. The highest BCUT2D eigenvalue weighted by Gasteiger charge is 2.12. The molecule has 1 aromatic heterocycles. The van der Waals surface area contributed by atoms with Crippen LogP contribution < -0.4 is 5.32 Å². The maximum Gasteiger partial charge on any atom is 0.243 e. The molecule has 0 aliphatic rings. The summed E-state index contributed by atoms with van der Waals surface area (Å²) < 4.78 is 0. The van der Waals surface area contributed by atoms with Gasteiger partial charge in [-0.15, -0.1) is 10.2 Å². The third-order valence-electron chi connectivity index (χ3n) is 3.97. The van der Waals surface area contributed by atoms with E-state index in [-0.39, 0.29) is 11.8 Å². The van der Waals surface area contributed by atoms with Crippen molar-refractivity contribution in [3.63, 3.8) is 0 Å². The maximum atomic E-state index is 9.70. The van der Waals surface area contributed by atoms with Crippen molar-refractivity contribution in [3.05, 3.63) is 65.4 Å². The standard InChI is InChI=1S/C19H20N4O/c1-12-11-16(9-10-17(12)24)18-14(3)22-23-19(21-18)20-13(2)15-7-5-4-6-8-15/h4-11,13,24H,1-3H3,(H,20,21,23)/t13-/m1/s1. The minimum atomic E-state index is 0.0742. The fraction of sp³-hybridized carbons (Fsp3) is 0.211. The molecule has 24 heavy (non-hydrogen) atoms. The van der Waals surface area contributed by atoms with Gasteiger partial charge < -0.3 is 10.4 Å². The summed E-state index contributed by atoms with van der Waals surface area (Å²) >= 11 is 0. The van der Waals surface area contributed by atoms with E-state index in [1.54, 1.807) is 6.07 Å². The number of phenolic OH excluding ortho intramolecular Hbond substituents is 1. The number of aryl methyl sites for hydroxylation is 2. The molecule has 0 amide bonds. The first-order chi connectivity index (χ1) is 11.5. The van der Waals surface area contributed by atoms with Gasteiger partial charge in [-0.05, 0) is 50.1 Å². The van der Waals surface area contributed by atoms with Crippen molar-refractivity contribution in [3.8, 4) is 17.0 Å². The van der Waals surface area contributed by atoms with Gasteiger partial charge in [0.2, 0.25) is 5.95 Å². The van der Waals surface area contributed by atoms with Gasteiger partial charge in [0.25, 0.3) is 0 Å². The lowest BCUT2D eigenvalue weighted by atomic mass is 10.1. The van der Waals surface area contributed by atoms with Gasteiger partial charge in [-0.25, -0.2) is 4.98 Å². The highest BCUT2D eigenvalue weighted by Crippen LogP contribution is 2.26. The normalized spacial score (nSPS) is 12.0. The van der Waals surface area contributed by atoms with Gasteiger partial charge in [0.15, 0.2) is 0 Å². The summed E-state index contributed by atoms with van der Waals surface area (Å²) in [5, 5.41) is 21.4. The van der Waals surface area contributed by atoms with Gasteiger partial charge in [-0.2, -0.15) is 0 Å². The highest BCUT2D eigenvalue weighted by molar-refractivity contribution is 5.64. The molecule has 1 heterocycles. The van der Waals surface area contributed by atoms with Crippen LogP contribution in [0.3, 0.4) is 0 Å². The van der Waals surface area contributed by atoms with Crippen LogP contribution in [0.2, 0.25) is 0 Å². The predicted molar refractivity (Wildman–Crippen MR) is 94.9 cm³/mol. The number of nitrogens with one attached hydrogen (secondary N) is 1. The van der Waals surface area contributed by atoms with Gasteiger partial charge in [0.1, 0.15) is 5.75 Å². The Balaban J connectivity index is 1.90. The molecule has 5 heteroatoms. The molecule has 0 aliphatic carbocycles. The molecule has 1 atom stereocenters. The fourth-order valence-electron chi connectivity index (χ4n) is 2.53. The molecular formula is C19H20N4O. The Hall–Kier alpha value is -2.95. The van der Waals surface area contributed by atoms with Crippen LogP contribution in [0.1, 0.15) is 29.8 Å². The van der Waals surface area contributed by atoms with Crippen LogP contribution in [0, 0.1) is 13.8 Å². The molecule has 0 saturated heterocycles. The number of anilines is 1. The molecule has 122 valence electrons. The minimum absolute atomic E-state index is 0.0742. The molecule has 3 aromatic rings. The topological polar surface area (TPSA) is 70.9 Å². The number of aromatic nitrogens is 3. The largest absolute Gasteiger partial charge is 0.508 e. The van der Waals surface area contributed by atoms with Crippen molar-refractivity contribution in [2.45, 2.75) is 26.8 Å². The van der Waals surface area contributed by atoms with Crippen LogP contribution >= 0.6 is 0 Å². The molecule has 2 N–H and O–H groups in total. The molecule has 0 aliphatic heterocycles. The zero-order chi connectivity index (χ0) is 17.1. The molecule has 2 aromatic carbocycles. The molecule has 3 rings (SSSR count). The smallest absolute Gasteiger partial charge is 0.243 e. The second kappa shape index (κ2) is 6.66. The second-order valence-corrected chi connectivity index (χ2v) is 5.85. The molecule has 0 spiro atoms. The number of hydrogen-bond acceptors (Lipinski definition) is 5. The van der Waals surface area contributed by atoms with E-state index in [0.29, 0.717) is 5.95 Å². The molecule has 0 radical (unpaired) electrons. The van der Waals surface area contributed by atoms with Crippen LogP contribution in [0.4, 0.5) is 5.95 Å². The molecule has 0 saturated carbocycles. The van der Waals surface area contributed by atoms with Gasteiger partial charge >= 0.3 is 0 Å². The van der Waals surface area contributed by atoms with Gasteiger partial charge in [0.05, 0.1) is 17.4 Å². The minimum Gasteiger partial charge on any atom is -0.508 e. The van der Waals surface area contributed by atoms with E-state index in [4.69, 9.17) is 0 Å². The second-order valence-electron chi connectivity index (χ2n) is 5.85. The van der Waals surface area contributed by atoms with Crippen molar-refractivity contribution in [2.75, 3.05) is 5.32 Å². The summed E-state index contributed by atoms with van der Waals surface area (Å²) in [5.41, 5.74) is 4.38. The van der Waals surface area contributed by atoms with E-state index in [2.05, 4.69) is 39.6 Å². The van der Waals surface area contributed by atoms with Crippen molar-refractivity contribution in [2.24, 2.45) is 0 Å². The Morgan fingerprint density at radius 3 is 2.46 bits per heavy atom. The summed E-state index contributed by atoms with van der Waals surface area (Å²) in [5.74, 6) is 0.757. The highest BCUT2D eigenvalue weighted by atomic mass is 16.3. The third kappa shape index (κ3) is 3.35. The Labute approximate surface area is 141 Å². The Morgan fingerprint density at radius 2 is 1.75 bits per heavy atom. The Morgan fingerprint density at radius 1 is 1.00 bits per heavy atom. The average Bonchev–Trinajstić information content (AvgIpc) is 2.60. The number of rotatable bonds is 4. The zero-order valence-corrected chi connectivity index (χ0v) is 14.0. The summed E-state index contributed by atoms with van der Waals surface area (Å²) in [7, 11) is 0. The van der Waals surface area contributed by atoms with E-state index in [1.807, 2.05) is 44.2 Å². The third-order valence-corrected chi connectivity index (χ3v) is 3.97. The number of hydrogen-bond donors (Lipinski definition) is 2. The molecule has 0 bridgehead atoms. The lowest BCUT2D eigenvalue weighted by Crippen LogP contribution is -2.11. The van der Waals surface area contributed by atoms with Crippen molar-refractivity contribution in [1.82, 2.24) is 15.2 Å². The van der Waals surface area contributed by atoms with Crippen molar-refractivity contribution >= 4 is 5.95 Å². The van der Waals surface area contributed by atoms with Crippen molar-refractivity contribution in [1.29, 1.82) is 0 Å². The van der Waals surface area contributed by atoms with E-state index in [1.165, 1.54) is 0 Å². The number of nitrogens with zero attached hydrogens (tertiary/aromatic N) is 3. The number of phenols is 1. The van der Waals surface area contributed by atoms with E-state index in [9.17, 15) is 5.11 Å². The summed E-state index contributed by atoms with van der Waals surface area (Å²) in [6.07, 6.45) is 0. The van der Waals surface area contributed by atoms with Gasteiger partial charge in [0, 0.05) is 5.56 Å². The quantitative estimate of drug-likeness (QED) is 0.759. The summed E-state index contributed by atoms with van der Waals surface area (Å²) in [4.78, 5) is 4.61. The lowest BCUT2D eigenvalue weighted by molar-refractivity contribution is 0.471. The Bertz CT molecular complexity index is 849. The molecule has 0 fully saturated rings. The average molecular weight is 320 g/mol. The fourth-order valence-corrected chi connectivity index (χ4v) is 2.53. The van der Waals surface area contributed by atoms with Gasteiger partial charge in [-0.1, -0.05) is 30.3 Å². The van der Waals surface area contributed by atoms with Crippen LogP contribution in [-0.2, 0) is 0 Å². The van der Waals surface area contributed by atoms with Crippen LogP contribution in [0.25, 0.3) is 11.3 Å². The first-order valence-electron chi connectivity index (χ1n) is 7.87. The molecule has 0 unspecified atom stereocenters. The monoisotopic (exact) mass is 320 g/mol. The van der Waals surface area contributed by atoms with Crippen LogP contribution in [0.5, 0.6) is 5.75 Å². The molecular weight excluding hydrogens is 300 g/mol. The lowest BCUT2D eigenvalue weighted by Gasteiger charge is -2.15. The molecule has 5 nitrogen and oxygen atoms in total. The maximum absolute atomic E-state index is 9.70. The zero-order valence-electron chi connectivity index (χ0n) is 14.0.